The second-order valence-corrected chi connectivity index (χ2v) is 3.76. The smallest absolute Gasteiger partial charge is 0.323 e. The molecule has 0 saturated heterocycles. The molecule has 2 aromatic rings. The Hall–Kier alpha value is -2.26. The number of carboxylic acids is 1. The predicted octanol–water partition coefficient (Wildman–Crippen LogP) is -1.82. The molecule has 0 spiro atoms. The third-order valence-electron chi connectivity index (χ3n) is 2.51. The zero-order valence-corrected chi connectivity index (χ0v) is 9.26. The lowest BCUT2D eigenvalue weighted by Crippen LogP contribution is -2.43. The van der Waals surface area contributed by atoms with Crippen LogP contribution in [0.25, 0.3) is 11.2 Å². The summed E-state index contributed by atoms with van der Waals surface area (Å²) in [5, 5.41) is 18.3. The van der Waals surface area contributed by atoms with Crippen molar-refractivity contribution < 1.29 is 15.0 Å². The summed E-state index contributed by atoms with van der Waals surface area (Å²) in [4.78, 5) is 22.4. The van der Waals surface area contributed by atoms with Gasteiger partial charge >= 0.3 is 5.97 Å². The number of rotatable bonds is 4. The van der Waals surface area contributed by atoms with Gasteiger partial charge < -0.3 is 26.2 Å². The molecular formula is C9H12N6O3. The molecule has 0 aliphatic carbocycles. The molecule has 0 amide bonds. The minimum absolute atomic E-state index is 0.0413. The summed E-state index contributed by atoms with van der Waals surface area (Å²) in [6, 6.07) is -1.37. The molecule has 2 atom stereocenters. The third kappa shape index (κ3) is 2.08. The fourth-order valence-electron chi connectivity index (χ4n) is 1.51. The number of imidazole rings is 1. The average molecular weight is 252 g/mol. The number of aliphatic hydroxyl groups is 1. The first kappa shape index (κ1) is 12.2. The van der Waals surface area contributed by atoms with Crippen LogP contribution in [0.4, 0.5) is 5.82 Å². The summed E-state index contributed by atoms with van der Waals surface area (Å²) in [7, 11) is 0. The van der Waals surface area contributed by atoms with Crippen LogP contribution in [0.3, 0.4) is 0 Å². The summed E-state index contributed by atoms with van der Waals surface area (Å²) in [6.07, 6.45) is 1.41. The normalized spacial score (nSPS) is 14.6. The van der Waals surface area contributed by atoms with E-state index in [1.165, 1.54) is 17.2 Å². The Morgan fingerprint density at radius 3 is 2.83 bits per heavy atom. The number of aromatic nitrogens is 4. The summed E-state index contributed by atoms with van der Waals surface area (Å²) in [5.74, 6) is -1.06. The van der Waals surface area contributed by atoms with E-state index in [1.54, 1.807) is 0 Å². The van der Waals surface area contributed by atoms with Crippen molar-refractivity contribution in [2.24, 2.45) is 5.73 Å². The Labute approximate surface area is 101 Å². The van der Waals surface area contributed by atoms with Crippen molar-refractivity contribution in [1.29, 1.82) is 0 Å². The summed E-state index contributed by atoms with van der Waals surface area (Å²) in [6.45, 7) is -0.0413. The van der Waals surface area contributed by atoms with Crippen LogP contribution < -0.4 is 11.5 Å². The Morgan fingerprint density at radius 1 is 1.44 bits per heavy atom. The zero-order chi connectivity index (χ0) is 13.3. The number of hydrogen-bond donors (Lipinski definition) is 4. The van der Waals surface area contributed by atoms with Crippen molar-refractivity contribution in [3.05, 3.63) is 12.7 Å². The van der Waals surface area contributed by atoms with Crippen LogP contribution in [0.2, 0.25) is 0 Å². The van der Waals surface area contributed by atoms with Crippen LogP contribution >= 0.6 is 0 Å². The minimum atomic E-state index is -1.37. The fraction of sp³-hybridized carbons (Fsp3) is 0.333. The number of carbonyl (C=O) groups is 1. The maximum atomic E-state index is 10.6. The number of nitrogen functional groups attached to an aromatic ring is 1. The SMILES string of the molecule is Nc1ncnc2c1ncn2C[C@@H](O)[C@@H](N)C(=O)O. The van der Waals surface area contributed by atoms with Gasteiger partial charge in [-0.2, -0.15) is 0 Å². The van der Waals surface area contributed by atoms with Crippen molar-refractivity contribution >= 4 is 23.0 Å². The van der Waals surface area contributed by atoms with Gasteiger partial charge in [0.15, 0.2) is 11.5 Å². The van der Waals surface area contributed by atoms with Gasteiger partial charge in [-0.05, 0) is 0 Å². The van der Waals surface area contributed by atoms with Crippen molar-refractivity contribution in [2.45, 2.75) is 18.7 Å². The van der Waals surface area contributed by atoms with Crippen LogP contribution in [0.5, 0.6) is 0 Å². The molecule has 0 aliphatic heterocycles. The maximum Gasteiger partial charge on any atom is 0.323 e. The van der Waals surface area contributed by atoms with E-state index in [0.717, 1.165) is 0 Å². The molecule has 9 heteroatoms. The zero-order valence-electron chi connectivity index (χ0n) is 9.26. The van der Waals surface area contributed by atoms with E-state index in [9.17, 15) is 9.90 Å². The second kappa shape index (κ2) is 4.55. The molecule has 0 bridgehead atoms. The van der Waals surface area contributed by atoms with Gasteiger partial charge in [-0.3, -0.25) is 4.79 Å². The highest BCUT2D eigenvalue weighted by atomic mass is 16.4. The summed E-state index contributed by atoms with van der Waals surface area (Å²) >= 11 is 0. The monoisotopic (exact) mass is 252 g/mol. The Balaban J connectivity index is 2.27. The van der Waals surface area contributed by atoms with Gasteiger partial charge in [-0.15, -0.1) is 0 Å². The molecule has 0 radical (unpaired) electrons. The summed E-state index contributed by atoms with van der Waals surface area (Å²) < 4.78 is 1.47. The van der Waals surface area contributed by atoms with Crippen LogP contribution in [-0.4, -0.2) is 47.8 Å². The lowest BCUT2D eigenvalue weighted by Gasteiger charge is -2.15. The predicted molar refractivity (Wildman–Crippen MR) is 61.4 cm³/mol. The Morgan fingerprint density at radius 2 is 2.17 bits per heavy atom. The standard InChI is InChI=1S/C9H12N6O3/c10-5(9(17)18)4(16)1-15-3-14-6-7(11)12-2-13-8(6)15/h2-5,16H,1,10H2,(H,17,18)(H2,11,12,13)/t4-,5-/m1/s1. The Bertz CT molecular complexity index is 583. The minimum Gasteiger partial charge on any atom is -0.480 e. The molecule has 2 rings (SSSR count). The fourth-order valence-corrected chi connectivity index (χ4v) is 1.51. The largest absolute Gasteiger partial charge is 0.480 e. The average Bonchev–Trinajstić information content (AvgIpc) is 2.73. The van der Waals surface area contributed by atoms with Gasteiger partial charge in [-0.25, -0.2) is 15.0 Å². The molecule has 18 heavy (non-hydrogen) atoms. The van der Waals surface area contributed by atoms with Crippen LogP contribution in [0, 0.1) is 0 Å². The molecule has 9 nitrogen and oxygen atoms in total. The number of nitrogens with two attached hydrogens (primary N) is 2. The highest BCUT2D eigenvalue weighted by Crippen LogP contribution is 2.14. The molecule has 0 saturated carbocycles. The molecular weight excluding hydrogens is 240 g/mol. The topological polar surface area (TPSA) is 153 Å². The summed E-state index contributed by atoms with van der Waals surface area (Å²) in [5.41, 5.74) is 11.7. The molecule has 0 unspecified atom stereocenters. The van der Waals surface area contributed by atoms with E-state index < -0.39 is 18.1 Å². The Kier molecular flexibility index (Phi) is 3.08. The van der Waals surface area contributed by atoms with Gasteiger partial charge in [0.1, 0.15) is 17.9 Å². The van der Waals surface area contributed by atoms with Crippen LogP contribution in [0.15, 0.2) is 12.7 Å². The molecule has 2 heterocycles. The van der Waals surface area contributed by atoms with Crippen molar-refractivity contribution in [3.8, 4) is 0 Å². The number of anilines is 1. The molecule has 0 fully saturated rings. The van der Waals surface area contributed by atoms with E-state index in [2.05, 4.69) is 15.0 Å². The molecule has 6 N–H and O–H groups in total. The number of fused-ring (bicyclic) bond motifs is 1. The second-order valence-electron chi connectivity index (χ2n) is 3.76. The first-order valence-corrected chi connectivity index (χ1v) is 5.08. The van der Waals surface area contributed by atoms with Gasteiger partial charge in [0.05, 0.1) is 19.0 Å². The first-order valence-electron chi connectivity index (χ1n) is 5.08. The lowest BCUT2D eigenvalue weighted by atomic mass is 10.2. The highest BCUT2D eigenvalue weighted by molar-refractivity contribution is 5.81. The van der Waals surface area contributed by atoms with Crippen LogP contribution in [0.1, 0.15) is 0 Å². The number of aliphatic hydroxyl groups excluding tert-OH is 1. The van der Waals surface area contributed by atoms with Gasteiger partial charge in [0.25, 0.3) is 0 Å². The van der Waals surface area contributed by atoms with Gasteiger partial charge in [-0.1, -0.05) is 0 Å². The van der Waals surface area contributed by atoms with E-state index in [4.69, 9.17) is 16.6 Å². The lowest BCUT2D eigenvalue weighted by molar-refractivity contribution is -0.141. The van der Waals surface area contributed by atoms with E-state index in [0.29, 0.717) is 11.2 Å². The molecule has 2 aromatic heterocycles. The first-order chi connectivity index (χ1) is 8.50. The third-order valence-corrected chi connectivity index (χ3v) is 2.51. The molecule has 0 aromatic carbocycles. The highest BCUT2D eigenvalue weighted by Gasteiger charge is 2.23. The molecule has 96 valence electrons. The van der Waals surface area contributed by atoms with E-state index in [-0.39, 0.29) is 12.4 Å². The van der Waals surface area contributed by atoms with Crippen molar-refractivity contribution in [2.75, 3.05) is 5.73 Å². The van der Waals surface area contributed by atoms with E-state index >= 15 is 0 Å². The van der Waals surface area contributed by atoms with Gasteiger partial charge in [0.2, 0.25) is 0 Å². The van der Waals surface area contributed by atoms with Crippen molar-refractivity contribution in [1.82, 2.24) is 19.5 Å². The number of carboxylic acid groups (broad SMARTS) is 1. The maximum absolute atomic E-state index is 10.6. The van der Waals surface area contributed by atoms with Crippen molar-refractivity contribution in [3.63, 3.8) is 0 Å². The van der Waals surface area contributed by atoms with E-state index in [1.807, 2.05) is 0 Å². The molecule has 0 aliphatic rings. The quantitative estimate of drug-likeness (QED) is 0.496. The van der Waals surface area contributed by atoms with Crippen LogP contribution in [-0.2, 0) is 11.3 Å². The number of nitrogens with zero attached hydrogens (tertiary/aromatic N) is 4. The number of hydrogen-bond acceptors (Lipinski definition) is 7. The van der Waals surface area contributed by atoms with Gasteiger partial charge in [0, 0.05) is 0 Å². The number of aliphatic carboxylic acids is 1.